The molecule has 0 aliphatic carbocycles. The molecule has 0 bridgehead atoms. The van der Waals surface area contributed by atoms with Crippen molar-refractivity contribution < 1.29 is 10.2 Å². The van der Waals surface area contributed by atoms with Crippen molar-refractivity contribution in [3.63, 3.8) is 0 Å². The highest BCUT2D eigenvalue weighted by molar-refractivity contribution is 7.81. The predicted octanol–water partition coefficient (Wildman–Crippen LogP) is 5.38. The minimum Gasteiger partial charge on any atom is -0.507 e. The molecule has 0 amide bonds. The molecule has 3 rings (SSSR count). The number of unbranched alkanes of at least 4 members (excludes halogenated alkanes) is 1. The van der Waals surface area contributed by atoms with Crippen molar-refractivity contribution in [3.8, 4) is 11.5 Å². The highest BCUT2D eigenvalue weighted by Crippen LogP contribution is 2.54. The van der Waals surface area contributed by atoms with E-state index in [0.717, 1.165) is 35.3 Å². The Bertz CT molecular complexity index is 873. The summed E-state index contributed by atoms with van der Waals surface area (Å²) in [6, 6.07) is 24.6. The maximum Gasteiger partial charge on any atom is 0.124 e. The zero-order valence-electron chi connectivity index (χ0n) is 14.9. The van der Waals surface area contributed by atoms with E-state index < -0.39 is 7.05 Å². The molecular weight excluding hydrogens is 341 g/mol. The normalized spacial score (nSPS) is 11.3. The Morgan fingerprint density at radius 3 is 1.73 bits per heavy atom. The number of rotatable bonds is 6. The van der Waals surface area contributed by atoms with Gasteiger partial charge in [0.2, 0.25) is 0 Å². The molecule has 4 heteroatoms. The molecule has 0 atom stereocenters. The monoisotopic (exact) mass is 365 g/mol. The molecule has 0 spiro atoms. The number of nitrogens with zero attached hydrogens (tertiary/aromatic N) is 1. The molecule has 0 heterocycles. The van der Waals surface area contributed by atoms with Crippen LogP contribution in [0.15, 0.2) is 83.6 Å². The lowest BCUT2D eigenvalue weighted by Gasteiger charge is -2.27. The van der Waals surface area contributed by atoms with Gasteiger partial charge in [-0.25, -0.2) is 0 Å². The minimum absolute atomic E-state index is 0.236. The molecular formula is C22H24NO2P. The third-order valence-corrected chi connectivity index (χ3v) is 8.32. The first-order valence-electron chi connectivity index (χ1n) is 8.91. The van der Waals surface area contributed by atoms with E-state index in [1.165, 1.54) is 0 Å². The zero-order valence-corrected chi connectivity index (χ0v) is 15.8. The average Bonchev–Trinajstić information content (AvgIpc) is 2.67. The largest absolute Gasteiger partial charge is 0.507 e. The van der Waals surface area contributed by atoms with Gasteiger partial charge in [-0.15, -0.1) is 0 Å². The van der Waals surface area contributed by atoms with Crippen LogP contribution in [0, 0.1) is 0 Å². The van der Waals surface area contributed by atoms with Crippen molar-refractivity contribution in [2.75, 3.05) is 6.16 Å². The van der Waals surface area contributed by atoms with E-state index in [1.54, 1.807) is 12.1 Å². The summed E-state index contributed by atoms with van der Waals surface area (Å²) in [5.41, 5.74) is 0.864. The molecule has 0 aliphatic heterocycles. The number of benzene rings is 3. The summed E-state index contributed by atoms with van der Waals surface area (Å²) < 4.78 is 5.18. The quantitative estimate of drug-likeness (QED) is 0.576. The fourth-order valence-corrected chi connectivity index (χ4v) is 7.09. The molecule has 0 aliphatic rings. The summed E-state index contributed by atoms with van der Waals surface area (Å²) in [5, 5.41) is 23.0. The van der Waals surface area contributed by atoms with Crippen LogP contribution in [0.3, 0.4) is 0 Å². The third-order valence-electron chi connectivity index (χ3n) is 4.44. The molecule has 0 aromatic heterocycles. The molecule has 0 saturated carbocycles. The molecule has 2 N–H and O–H groups in total. The van der Waals surface area contributed by atoms with Crippen molar-refractivity contribution in [1.82, 2.24) is 0 Å². The second-order valence-electron chi connectivity index (χ2n) is 6.26. The van der Waals surface area contributed by atoms with E-state index in [4.69, 9.17) is 4.74 Å². The van der Waals surface area contributed by atoms with E-state index in [-0.39, 0.29) is 11.5 Å². The standard InChI is InChI=1S/C22H24NO2P/c1-2-3-17-26(21-15-9-7-13-19(21)24,22-16-10-8-14-20(22)25)23-18-11-5-4-6-12-18/h4-16,24-25H,2-3,17H2,1H3. The Balaban J connectivity index is 2.37. The molecule has 3 aromatic rings. The van der Waals surface area contributed by atoms with Crippen LogP contribution in [0.1, 0.15) is 19.8 Å². The van der Waals surface area contributed by atoms with Gasteiger partial charge in [-0.1, -0.05) is 55.8 Å². The Morgan fingerprint density at radius 2 is 1.23 bits per heavy atom. The summed E-state index contributed by atoms with van der Waals surface area (Å²) in [7, 11) is -2.39. The maximum atomic E-state index is 10.7. The van der Waals surface area contributed by atoms with Crippen LogP contribution >= 0.6 is 7.05 Å². The number of hydrogen-bond acceptors (Lipinski definition) is 3. The molecule has 0 fully saturated rings. The van der Waals surface area contributed by atoms with Crippen LogP contribution in [-0.2, 0) is 0 Å². The zero-order chi connectivity index (χ0) is 18.4. The lowest BCUT2D eigenvalue weighted by Crippen LogP contribution is -2.19. The molecule has 3 nitrogen and oxygen atoms in total. The Kier molecular flexibility index (Phi) is 5.80. The first-order chi connectivity index (χ1) is 12.7. The lowest BCUT2D eigenvalue weighted by molar-refractivity contribution is 0.479. The number of aromatic hydroxyl groups is 2. The average molecular weight is 365 g/mol. The van der Waals surface area contributed by atoms with E-state index in [1.807, 2.05) is 66.7 Å². The summed E-state index contributed by atoms with van der Waals surface area (Å²) in [5.74, 6) is 0.472. The fraction of sp³-hybridized carbons (Fsp3) is 0.182. The summed E-state index contributed by atoms with van der Waals surface area (Å²) in [6.45, 7) is 2.15. The summed E-state index contributed by atoms with van der Waals surface area (Å²) in [6.07, 6.45) is 2.79. The molecule has 3 aromatic carbocycles. The Hall–Kier alpha value is -2.51. The van der Waals surface area contributed by atoms with E-state index >= 15 is 0 Å². The fourth-order valence-electron chi connectivity index (χ4n) is 3.16. The van der Waals surface area contributed by atoms with E-state index in [0.29, 0.717) is 0 Å². The number of phenols is 2. The molecule has 0 saturated heterocycles. The van der Waals surface area contributed by atoms with Crippen LogP contribution in [-0.4, -0.2) is 16.4 Å². The van der Waals surface area contributed by atoms with Gasteiger partial charge in [-0.3, -0.25) is 4.74 Å². The minimum atomic E-state index is -2.39. The molecule has 134 valence electrons. The Labute approximate surface area is 155 Å². The number of para-hydroxylation sites is 2. The first kappa shape index (κ1) is 18.3. The summed E-state index contributed by atoms with van der Waals surface area (Å²) in [4.78, 5) is 0. The van der Waals surface area contributed by atoms with Crippen LogP contribution in [0.2, 0.25) is 0 Å². The second-order valence-corrected chi connectivity index (χ2v) is 9.41. The topological polar surface area (TPSA) is 52.8 Å². The van der Waals surface area contributed by atoms with Gasteiger partial charge < -0.3 is 10.2 Å². The van der Waals surface area contributed by atoms with Crippen LogP contribution in [0.25, 0.3) is 0 Å². The number of hydrogen-bond donors (Lipinski definition) is 2. The van der Waals surface area contributed by atoms with Crippen molar-refractivity contribution in [2.24, 2.45) is 4.74 Å². The van der Waals surface area contributed by atoms with Crippen molar-refractivity contribution >= 4 is 23.4 Å². The summed E-state index contributed by atoms with van der Waals surface area (Å²) >= 11 is 0. The molecule has 0 unspecified atom stereocenters. The second kappa shape index (κ2) is 8.25. The van der Waals surface area contributed by atoms with Gasteiger partial charge in [-0.2, -0.15) is 0 Å². The van der Waals surface area contributed by atoms with Gasteiger partial charge in [0.25, 0.3) is 0 Å². The van der Waals surface area contributed by atoms with Crippen molar-refractivity contribution in [2.45, 2.75) is 19.8 Å². The van der Waals surface area contributed by atoms with Crippen LogP contribution < -0.4 is 10.6 Å². The molecule has 0 radical (unpaired) electrons. The predicted molar refractivity (Wildman–Crippen MR) is 111 cm³/mol. The van der Waals surface area contributed by atoms with Crippen molar-refractivity contribution in [3.05, 3.63) is 78.9 Å². The highest BCUT2D eigenvalue weighted by atomic mass is 31.2. The van der Waals surface area contributed by atoms with Crippen molar-refractivity contribution in [1.29, 1.82) is 0 Å². The van der Waals surface area contributed by atoms with Crippen LogP contribution in [0.5, 0.6) is 11.5 Å². The van der Waals surface area contributed by atoms with Gasteiger partial charge in [0.15, 0.2) is 0 Å². The van der Waals surface area contributed by atoms with Gasteiger partial charge in [0.1, 0.15) is 11.5 Å². The van der Waals surface area contributed by atoms with Gasteiger partial charge in [0, 0.05) is 17.7 Å². The third kappa shape index (κ3) is 3.68. The first-order valence-corrected chi connectivity index (χ1v) is 10.8. The Morgan fingerprint density at radius 1 is 0.731 bits per heavy atom. The maximum absolute atomic E-state index is 10.7. The van der Waals surface area contributed by atoms with Gasteiger partial charge in [0.05, 0.1) is 5.69 Å². The van der Waals surface area contributed by atoms with Crippen LogP contribution in [0.4, 0.5) is 5.69 Å². The van der Waals surface area contributed by atoms with Gasteiger partial charge in [-0.05, 0) is 49.0 Å². The smallest absolute Gasteiger partial charge is 0.124 e. The van der Waals surface area contributed by atoms with Gasteiger partial charge >= 0.3 is 0 Å². The van der Waals surface area contributed by atoms with E-state index in [9.17, 15) is 10.2 Å². The molecule has 26 heavy (non-hydrogen) atoms. The number of phenolic OH excluding ortho intramolecular Hbond substituents is 2. The lowest BCUT2D eigenvalue weighted by atomic mass is 10.3. The highest BCUT2D eigenvalue weighted by Gasteiger charge is 2.29. The van der Waals surface area contributed by atoms with E-state index in [2.05, 4.69) is 6.92 Å². The SMILES string of the molecule is CCCCP(=Nc1ccccc1)(c1ccccc1O)c1ccccc1O.